The first-order valence-corrected chi connectivity index (χ1v) is 7.07. The molecule has 0 saturated heterocycles. The standard InChI is InChI=1S/C16H21NO5/c1-10(2)16(20)17-8-7-13-5-6-14(21-11(3)18)15(9-13)22-12(4)19/h5-6,9-10H,7-8H2,1-4H3,(H,17,20). The number of nitrogens with one attached hydrogen (secondary N) is 1. The fourth-order valence-corrected chi connectivity index (χ4v) is 1.72. The molecule has 1 N–H and O–H groups in total. The summed E-state index contributed by atoms with van der Waals surface area (Å²) in [6, 6.07) is 4.95. The average Bonchev–Trinajstić information content (AvgIpc) is 2.40. The molecule has 0 aliphatic heterocycles. The molecule has 0 fully saturated rings. The Kier molecular flexibility index (Phi) is 6.56. The van der Waals surface area contributed by atoms with Gasteiger partial charge in [0.1, 0.15) is 0 Å². The number of rotatable bonds is 6. The van der Waals surface area contributed by atoms with E-state index in [1.165, 1.54) is 13.8 Å². The van der Waals surface area contributed by atoms with Crippen molar-refractivity contribution in [3.05, 3.63) is 23.8 Å². The highest BCUT2D eigenvalue weighted by Crippen LogP contribution is 2.29. The highest BCUT2D eigenvalue weighted by atomic mass is 16.6. The molecule has 22 heavy (non-hydrogen) atoms. The van der Waals surface area contributed by atoms with Crippen molar-refractivity contribution in [3.63, 3.8) is 0 Å². The summed E-state index contributed by atoms with van der Waals surface area (Å²) >= 11 is 0. The molecule has 0 aromatic heterocycles. The largest absolute Gasteiger partial charge is 0.423 e. The Bertz CT molecular complexity index is 566. The van der Waals surface area contributed by atoms with E-state index in [2.05, 4.69) is 5.32 Å². The first-order valence-electron chi connectivity index (χ1n) is 7.07. The van der Waals surface area contributed by atoms with Crippen LogP contribution in [0.2, 0.25) is 0 Å². The monoisotopic (exact) mass is 307 g/mol. The van der Waals surface area contributed by atoms with Crippen molar-refractivity contribution in [2.45, 2.75) is 34.1 Å². The molecule has 120 valence electrons. The van der Waals surface area contributed by atoms with Gasteiger partial charge >= 0.3 is 11.9 Å². The van der Waals surface area contributed by atoms with Gasteiger partial charge in [0.25, 0.3) is 0 Å². The number of ether oxygens (including phenoxy) is 2. The lowest BCUT2D eigenvalue weighted by Crippen LogP contribution is -2.29. The number of hydrogen-bond acceptors (Lipinski definition) is 5. The van der Waals surface area contributed by atoms with E-state index in [4.69, 9.17) is 9.47 Å². The second kappa shape index (κ2) is 8.17. The molecule has 0 atom stereocenters. The van der Waals surface area contributed by atoms with E-state index < -0.39 is 11.9 Å². The molecule has 0 heterocycles. The number of benzene rings is 1. The van der Waals surface area contributed by atoms with Gasteiger partial charge in [-0.1, -0.05) is 19.9 Å². The second-order valence-electron chi connectivity index (χ2n) is 5.16. The predicted octanol–water partition coefficient (Wildman–Crippen LogP) is 1.85. The Morgan fingerprint density at radius 2 is 1.64 bits per heavy atom. The molecule has 1 aromatic carbocycles. The van der Waals surface area contributed by atoms with Crippen molar-refractivity contribution < 1.29 is 23.9 Å². The van der Waals surface area contributed by atoms with E-state index in [0.717, 1.165) is 5.56 Å². The summed E-state index contributed by atoms with van der Waals surface area (Å²) in [6.45, 7) is 6.66. The lowest BCUT2D eigenvalue weighted by atomic mass is 10.1. The molecule has 1 amide bonds. The zero-order chi connectivity index (χ0) is 16.7. The number of esters is 2. The molecular weight excluding hydrogens is 286 g/mol. The van der Waals surface area contributed by atoms with Crippen molar-refractivity contribution in [1.29, 1.82) is 0 Å². The number of hydrogen-bond donors (Lipinski definition) is 1. The van der Waals surface area contributed by atoms with Gasteiger partial charge in [-0.05, 0) is 24.1 Å². The van der Waals surface area contributed by atoms with Gasteiger partial charge in [-0.15, -0.1) is 0 Å². The van der Waals surface area contributed by atoms with Crippen LogP contribution in [0.4, 0.5) is 0 Å². The Labute approximate surface area is 129 Å². The number of carbonyl (C=O) groups excluding carboxylic acids is 3. The maximum atomic E-state index is 11.5. The van der Waals surface area contributed by atoms with E-state index in [1.807, 2.05) is 13.8 Å². The highest BCUT2D eigenvalue weighted by Gasteiger charge is 2.12. The van der Waals surface area contributed by atoms with Crippen molar-refractivity contribution in [1.82, 2.24) is 5.32 Å². The van der Waals surface area contributed by atoms with Gasteiger partial charge in [0.15, 0.2) is 11.5 Å². The maximum Gasteiger partial charge on any atom is 0.308 e. The van der Waals surface area contributed by atoms with Crippen LogP contribution < -0.4 is 14.8 Å². The van der Waals surface area contributed by atoms with Crippen LogP contribution in [0.5, 0.6) is 11.5 Å². The van der Waals surface area contributed by atoms with Crippen LogP contribution in [0.15, 0.2) is 18.2 Å². The molecule has 0 aliphatic carbocycles. The molecule has 6 heteroatoms. The van der Waals surface area contributed by atoms with Gasteiger partial charge in [0.2, 0.25) is 5.91 Å². The molecule has 6 nitrogen and oxygen atoms in total. The lowest BCUT2D eigenvalue weighted by molar-refractivity contribution is -0.134. The maximum absolute atomic E-state index is 11.5. The molecular formula is C16H21NO5. The van der Waals surface area contributed by atoms with E-state index >= 15 is 0 Å². The van der Waals surface area contributed by atoms with Crippen LogP contribution in [-0.2, 0) is 20.8 Å². The quantitative estimate of drug-likeness (QED) is 0.640. The number of carbonyl (C=O) groups is 3. The molecule has 1 rings (SSSR count). The van der Waals surface area contributed by atoms with E-state index in [0.29, 0.717) is 13.0 Å². The minimum Gasteiger partial charge on any atom is -0.423 e. The van der Waals surface area contributed by atoms with E-state index in [-0.39, 0.29) is 23.3 Å². The van der Waals surface area contributed by atoms with Crippen LogP contribution in [0, 0.1) is 5.92 Å². The molecule has 0 aliphatic rings. The minimum atomic E-state index is -0.501. The van der Waals surface area contributed by atoms with Crippen molar-refractivity contribution in [3.8, 4) is 11.5 Å². The van der Waals surface area contributed by atoms with Crippen LogP contribution >= 0.6 is 0 Å². The third-order valence-corrected chi connectivity index (χ3v) is 2.75. The summed E-state index contributed by atoms with van der Waals surface area (Å²) in [5, 5.41) is 2.81. The second-order valence-corrected chi connectivity index (χ2v) is 5.16. The first kappa shape index (κ1) is 17.7. The SMILES string of the molecule is CC(=O)Oc1ccc(CCNC(=O)C(C)C)cc1OC(C)=O. The fourth-order valence-electron chi connectivity index (χ4n) is 1.72. The lowest BCUT2D eigenvalue weighted by Gasteiger charge is -2.11. The molecule has 0 saturated carbocycles. The Morgan fingerprint density at radius 3 is 2.18 bits per heavy atom. The highest BCUT2D eigenvalue weighted by molar-refractivity contribution is 5.77. The zero-order valence-electron chi connectivity index (χ0n) is 13.3. The van der Waals surface area contributed by atoms with Gasteiger partial charge < -0.3 is 14.8 Å². The summed E-state index contributed by atoms with van der Waals surface area (Å²) in [5.74, 6) is -0.697. The predicted molar refractivity (Wildman–Crippen MR) is 80.6 cm³/mol. The normalized spacial score (nSPS) is 10.2. The smallest absolute Gasteiger partial charge is 0.308 e. The average molecular weight is 307 g/mol. The van der Waals surface area contributed by atoms with Gasteiger partial charge in [-0.25, -0.2) is 0 Å². The first-order chi connectivity index (χ1) is 10.3. The number of amides is 1. The van der Waals surface area contributed by atoms with E-state index in [1.54, 1.807) is 18.2 Å². The fraction of sp³-hybridized carbons (Fsp3) is 0.438. The Hall–Kier alpha value is -2.37. The van der Waals surface area contributed by atoms with Gasteiger partial charge in [0.05, 0.1) is 0 Å². The summed E-state index contributed by atoms with van der Waals surface area (Å²) in [5.41, 5.74) is 0.858. The summed E-state index contributed by atoms with van der Waals surface area (Å²) < 4.78 is 10.0. The third kappa shape index (κ3) is 5.95. The molecule has 0 unspecified atom stereocenters. The topological polar surface area (TPSA) is 81.7 Å². The van der Waals surface area contributed by atoms with Gasteiger partial charge in [-0.2, -0.15) is 0 Å². The third-order valence-electron chi connectivity index (χ3n) is 2.75. The molecule has 0 radical (unpaired) electrons. The van der Waals surface area contributed by atoms with Crippen molar-refractivity contribution in [2.24, 2.45) is 5.92 Å². The van der Waals surface area contributed by atoms with Crippen LogP contribution in [0.3, 0.4) is 0 Å². The van der Waals surface area contributed by atoms with Crippen molar-refractivity contribution in [2.75, 3.05) is 6.54 Å². The van der Waals surface area contributed by atoms with Gasteiger partial charge in [-0.3, -0.25) is 14.4 Å². The van der Waals surface area contributed by atoms with Crippen LogP contribution in [0.1, 0.15) is 33.3 Å². The Balaban J connectivity index is 2.78. The minimum absolute atomic E-state index is 0.0169. The molecule has 0 spiro atoms. The molecule has 0 bridgehead atoms. The summed E-state index contributed by atoms with van der Waals surface area (Å²) in [6.07, 6.45) is 0.576. The Morgan fingerprint density at radius 1 is 1.05 bits per heavy atom. The van der Waals surface area contributed by atoms with Gasteiger partial charge in [0, 0.05) is 26.3 Å². The summed E-state index contributed by atoms with van der Waals surface area (Å²) in [4.78, 5) is 33.6. The van der Waals surface area contributed by atoms with E-state index in [9.17, 15) is 14.4 Å². The van der Waals surface area contributed by atoms with Crippen molar-refractivity contribution >= 4 is 17.8 Å². The van der Waals surface area contributed by atoms with Crippen LogP contribution in [0.25, 0.3) is 0 Å². The molecule has 1 aromatic rings. The summed E-state index contributed by atoms with van der Waals surface area (Å²) in [7, 11) is 0. The van der Waals surface area contributed by atoms with Crippen LogP contribution in [-0.4, -0.2) is 24.4 Å². The zero-order valence-corrected chi connectivity index (χ0v) is 13.3.